The number of hydrogen-bond donors (Lipinski definition) is 2. The first-order valence-electron chi connectivity index (χ1n) is 9.80. The van der Waals surface area contributed by atoms with Crippen molar-refractivity contribution in [3.8, 4) is 5.75 Å². The number of halogens is 2. The number of aryl methyl sites for hydroxylation is 1. The van der Waals surface area contributed by atoms with Gasteiger partial charge in [-0.05, 0) is 67.4 Å². The first kappa shape index (κ1) is 23.9. The molecule has 0 aromatic heterocycles. The van der Waals surface area contributed by atoms with Crippen LogP contribution in [0.15, 0.2) is 71.6 Å². The highest BCUT2D eigenvalue weighted by molar-refractivity contribution is 7.92. The number of benzene rings is 3. The number of sulfonamides is 1. The molecule has 3 rings (SSSR count). The minimum Gasteiger partial charge on any atom is -0.481 e. The molecule has 0 unspecified atom stereocenters. The van der Waals surface area contributed by atoms with E-state index in [0.717, 1.165) is 5.56 Å². The molecule has 0 heterocycles. The Hall–Kier alpha value is -2.74. The van der Waals surface area contributed by atoms with Gasteiger partial charge in [-0.3, -0.25) is 9.52 Å². The van der Waals surface area contributed by atoms with Gasteiger partial charge in [0.05, 0.1) is 20.6 Å². The van der Waals surface area contributed by atoms with Crippen LogP contribution in [0.4, 0.5) is 11.4 Å². The van der Waals surface area contributed by atoms with E-state index in [-0.39, 0.29) is 26.5 Å². The quantitative estimate of drug-likeness (QED) is 0.409. The molecule has 3 aromatic rings. The van der Waals surface area contributed by atoms with Gasteiger partial charge >= 0.3 is 0 Å². The average molecular weight is 493 g/mol. The zero-order valence-corrected chi connectivity index (χ0v) is 19.8. The van der Waals surface area contributed by atoms with Gasteiger partial charge < -0.3 is 10.1 Å². The standard InChI is InChI=1S/C23H22Cl2N2O4S/c1-3-21(31-17-7-4-6-15(2)14-17)23(28)26-16-10-12-18(13-11-16)32(29,30)27-20-9-5-8-19(24)22(20)25/h4-14,21,27H,3H2,1-2H3,(H,26,28)/t21-/m1/s1. The minimum absolute atomic E-state index is 0.00888. The monoisotopic (exact) mass is 492 g/mol. The molecule has 0 saturated carbocycles. The molecule has 0 fully saturated rings. The van der Waals surface area contributed by atoms with E-state index in [1.54, 1.807) is 18.2 Å². The fraction of sp³-hybridized carbons (Fsp3) is 0.174. The van der Waals surface area contributed by atoms with E-state index >= 15 is 0 Å². The van der Waals surface area contributed by atoms with Crippen LogP contribution in [0.5, 0.6) is 5.75 Å². The molecule has 3 aromatic carbocycles. The van der Waals surface area contributed by atoms with Gasteiger partial charge in [-0.2, -0.15) is 0 Å². The molecule has 6 nitrogen and oxygen atoms in total. The molecular formula is C23H22Cl2N2O4S. The van der Waals surface area contributed by atoms with Crippen LogP contribution in [0, 0.1) is 6.92 Å². The Labute approximate surface area is 197 Å². The van der Waals surface area contributed by atoms with Crippen molar-refractivity contribution >= 4 is 50.5 Å². The molecule has 1 amide bonds. The van der Waals surface area contributed by atoms with Crippen molar-refractivity contribution in [2.75, 3.05) is 10.0 Å². The summed E-state index contributed by atoms with van der Waals surface area (Å²) in [5.41, 5.74) is 1.65. The number of nitrogens with one attached hydrogen (secondary N) is 2. The highest BCUT2D eigenvalue weighted by Gasteiger charge is 2.20. The van der Waals surface area contributed by atoms with Gasteiger partial charge in [-0.15, -0.1) is 0 Å². The van der Waals surface area contributed by atoms with Crippen LogP contribution in [-0.2, 0) is 14.8 Å². The number of rotatable bonds is 8. The number of amides is 1. The second-order valence-electron chi connectivity index (χ2n) is 7.05. The summed E-state index contributed by atoms with van der Waals surface area (Å²) in [5.74, 6) is 0.285. The molecule has 0 aliphatic carbocycles. The van der Waals surface area contributed by atoms with Gasteiger partial charge in [0.1, 0.15) is 5.75 Å². The molecular weight excluding hydrogens is 471 g/mol. The van der Waals surface area contributed by atoms with Gasteiger partial charge in [0, 0.05) is 5.69 Å². The lowest BCUT2D eigenvalue weighted by atomic mass is 10.2. The van der Waals surface area contributed by atoms with Crippen molar-refractivity contribution in [2.24, 2.45) is 0 Å². The molecule has 168 valence electrons. The molecule has 0 radical (unpaired) electrons. The lowest BCUT2D eigenvalue weighted by Crippen LogP contribution is -2.32. The Morgan fingerprint density at radius 2 is 1.72 bits per heavy atom. The zero-order valence-electron chi connectivity index (χ0n) is 17.4. The molecule has 0 bridgehead atoms. The van der Waals surface area contributed by atoms with E-state index in [9.17, 15) is 13.2 Å². The number of carbonyl (C=O) groups excluding carboxylic acids is 1. The van der Waals surface area contributed by atoms with Crippen molar-refractivity contribution in [2.45, 2.75) is 31.3 Å². The maximum absolute atomic E-state index is 12.7. The smallest absolute Gasteiger partial charge is 0.265 e. The maximum Gasteiger partial charge on any atom is 0.265 e. The number of hydrogen-bond acceptors (Lipinski definition) is 4. The van der Waals surface area contributed by atoms with Gasteiger partial charge in [-0.25, -0.2) is 8.42 Å². The summed E-state index contributed by atoms with van der Waals surface area (Å²) in [6.07, 6.45) is -0.219. The average Bonchev–Trinajstić information content (AvgIpc) is 2.75. The maximum atomic E-state index is 12.7. The highest BCUT2D eigenvalue weighted by atomic mass is 35.5. The minimum atomic E-state index is -3.89. The SMILES string of the molecule is CC[C@@H](Oc1cccc(C)c1)C(=O)Nc1ccc(S(=O)(=O)Nc2cccc(Cl)c2Cl)cc1. The van der Waals surface area contributed by atoms with E-state index in [1.807, 2.05) is 32.0 Å². The summed E-state index contributed by atoms with van der Waals surface area (Å²) in [5, 5.41) is 3.11. The van der Waals surface area contributed by atoms with Crippen molar-refractivity contribution in [3.63, 3.8) is 0 Å². The Morgan fingerprint density at radius 3 is 2.38 bits per heavy atom. The second-order valence-corrected chi connectivity index (χ2v) is 9.52. The van der Waals surface area contributed by atoms with Crippen LogP contribution in [0.2, 0.25) is 10.0 Å². The molecule has 0 spiro atoms. The molecule has 1 atom stereocenters. The van der Waals surface area contributed by atoms with Gasteiger partial charge in [0.25, 0.3) is 15.9 Å². The summed E-state index contributed by atoms with van der Waals surface area (Å²) < 4.78 is 33.5. The predicted octanol–water partition coefficient (Wildman–Crippen LogP) is 5.90. The normalized spacial score (nSPS) is 12.1. The van der Waals surface area contributed by atoms with Crippen LogP contribution in [-0.4, -0.2) is 20.4 Å². The first-order chi connectivity index (χ1) is 15.2. The molecule has 2 N–H and O–H groups in total. The summed E-state index contributed by atoms with van der Waals surface area (Å²) in [4.78, 5) is 12.6. The van der Waals surface area contributed by atoms with Crippen molar-refractivity contribution in [1.29, 1.82) is 0 Å². The molecule has 9 heteroatoms. The summed E-state index contributed by atoms with van der Waals surface area (Å²) in [6.45, 7) is 3.79. The molecule has 32 heavy (non-hydrogen) atoms. The second kappa shape index (κ2) is 10.3. The number of anilines is 2. The van der Waals surface area contributed by atoms with E-state index < -0.39 is 16.1 Å². The Morgan fingerprint density at radius 1 is 1.03 bits per heavy atom. The molecule has 0 aliphatic heterocycles. The Bertz CT molecular complexity index is 1210. The summed E-state index contributed by atoms with van der Waals surface area (Å²) >= 11 is 12.0. The highest BCUT2D eigenvalue weighted by Crippen LogP contribution is 2.31. The molecule has 0 saturated heterocycles. The third-order valence-electron chi connectivity index (χ3n) is 4.56. The van der Waals surface area contributed by atoms with Gasteiger partial charge in [0.15, 0.2) is 6.10 Å². The third-order valence-corrected chi connectivity index (χ3v) is 6.76. The van der Waals surface area contributed by atoms with Crippen LogP contribution in [0.25, 0.3) is 0 Å². The lowest BCUT2D eigenvalue weighted by molar-refractivity contribution is -0.122. The topological polar surface area (TPSA) is 84.5 Å². The number of carbonyl (C=O) groups is 1. The van der Waals surface area contributed by atoms with Crippen LogP contribution in [0.3, 0.4) is 0 Å². The Kier molecular flexibility index (Phi) is 7.66. The van der Waals surface area contributed by atoms with Crippen molar-refractivity contribution < 1.29 is 17.9 Å². The van der Waals surface area contributed by atoms with Crippen LogP contribution in [0.1, 0.15) is 18.9 Å². The Balaban J connectivity index is 1.69. The van der Waals surface area contributed by atoms with Crippen molar-refractivity contribution in [1.82, 2.24) is 0 Å². The fourth-order valence-electron chi connectivity index (χ4n) is 2.90. The van der Waals surface area contributed by atoms with Gasteiger partial charge in [-0.1, -0.05) is 48.3 Å². The van der Waals surface area contributed by atoms with E-state index in [2.05, 4.69) is 10.0 Å². The number of ether oxygens (including phenoxy) is 1. The van der Waals surface area contributed by atoms with Crippen LogP contribution >= 0.6 is 23.2 Å². The first-order valence-corrected chi connectivity index (χ1v) is 12.0. The zero-order chi connectivity index (χ0) is 23.3. The predicted molar refractivity (Wildman–Crippen MR) is 128 cm³/mol. The molecule has 0 aliphatic rings. The summed E-state index contributed by atoms with van der Waals surface area (Å²) in [6, 6.07) is 17.9. The largest absolute Gasteiger partial charge is 0.481 e. The van der Waals surface area contributed by atoms with Crippen molar-refractivity contribution in [3.05, 3.63) is 82.3 Å². The fourth-order valence-corrected chi connectivity index (χ4v) is 4.38. The van der Waals surface area contributed by atoms with E-state index in [0.29, 0.717) is 17.9 Å². The van der Waals surface area contributed by atoms with Gasteiger partial charge in [0.2, 0.25) is 0 Å². The third kappa shape index (κ3) is 5.94. The lowest BCUT2D eigenvalue weighted by Gasteiger charge is -2.18. The van der Waals surface area contributed by atoms with E-state index in [1.165, 1.54) is 30.3 Å². The summed E-state index contributed by atoms with van der Waals surface area (Å²) in [7, 11) is -3.89. The van der Waals surface area contributed by atoms with E-state index in [4.69, 9.17) is 27.9 Å². The van der Waals surface area contributed by atoms with Crippen LogP contribution < -0.4 is 14.8 Å².